The number of nitrogens with zero attached hydrogens (tertiary/aromatic N) is 3. The smallest absolute Gasteiger partial charge is 0.361 e. The number of thioether (sulfide) groups is 1. The van der Waals surface area contributed by atoms with Gasteiger partial charge in [0.15, 0.2) is 5.16 Å². The molecule has 2 aromatic heterocycles. The van der Waals surface area contributed by atoms with E-state index in [9.17, 15) is 13.2 Å². The molecule has 0 aliphatic carbocycles. The third-order valence-corrected chi connectivity index (χ3v) is 2.84. The van der Waals surface area contributed by atoms with Gasteiger partial charge in [0.25, 0.3) is 0 Å². The lowest BCUT2D eigenvalue weighted by Crippen LogP contribution is -2.08. The van der Waals surface area contributed by atoms with Gasteiger partial charge in [-0.25, -0.2) is 9.97 Å². The minimum absolute atomic E-state index is 0.0606. The molecule has 0 bridgehead atoms. The Hall–Kier alpha value is -1.57. The van der Waals surface area contributed by atoms with Gasteiger partial charge in [0, 0.05) is 18.0 Å². The lowest BCUT2D eigenvalue weighted by molar-refractivity contribution is -0.141. The van der Waals surface area contributed by atoms with Crippen LogP contribution in [0.25, 0.3) is 0 Å². The van der Waals surface area contributed by atoms with E-state index in [0.29, 0.717) is 17.2 Å². The van der Waals surface area contributed by atoms with Gasteiger partial charge in [-0.1, -0.05) is 16.9 Å². The lowest BCUT2D eigenvalue weighted by Gasteiger charge is -2.05. The second-order valence-electron chi connectivity index (χ2n) is 3.44. The normalized spacial score (nSPS) is 11.8. The van der Waals surface area contributed by atoms with Crippen LogP contribution in [0.15, 0.2) is 28.0 Å². The summed E-state index contributed by atoms with van der Waals surface area (Å²) in [6.45, 7) is 1.74. The van der Waals surface area contributed by atoms with Crippen molar-refractivity contribution >= 4 is 11.8 Å². The van der Waals surface area contributed by atoms with Crippen LogP contribution in [0, 0.1) is 6.92 Å². The van der Waals surface area contributed by atoms with Crippen LogP contribution >= 0.6 is 11.8 Å². The Balaban J connectivity index is 2.06. The monoisotopic (exact) mass is 275 g/mol. The van der Waals surface area contributed by atoms with Crippen molar-refractivity contribution in [2.45, 2.75) is 24.0 Å². The molecule has 0 spiro atoms. The van der Waals surface area contributed by atoms with Gasteiger partial charge >= 0.3 is 6.18 Å². The van der Waals surface area contributed by atoms with Gasteiger partial charge < -0.3 is 4.52 Å². The summed E-state index contributed by atoms with van der Waals surface area (Å²) >= 11 is 1.07. The van der Waals surface area contributed by atoms with Crippen molar-refractivity contribution in [3.05, 3.63) is 35.5 Å². The minimum Gasteiger partial charge on any atom is -0.361 e. The summed E-state index contributed by atoms with van der Waals surface area (Å²) in [6, 6.07) is 2.55. The average Bonchev–Trinajstić information content (AvgIpc) is 2.72. The lowest BCUT2D eigenvalue weighted by atomic mass is 10.4. The van der Waals surface area contributed by atoms with Crippen molar-refractivity contribution in [1.82, 2.24) is 15.1 Å². The Labute approximate surface area is 105 Å². The maximum Gasteiger partial charge on any atom is 0.433 e. The molecule has 2 heterocycles. The topological polar surface area (TPSA) is 51.8 Å². The molecule has 2 aromatic rings. The maximum atomic E-state index is 12.4. The third-order valence-electron chi connectivity index (χ3n) is 1.95. The molecule has 2 rings (SSSR count). The maximum absolute atomic E-state index is 12.4. The van der Waals surface area contributed by atoms with Crippen molar-refractivity contribution in [2.24, 2.45) is 0 Å². The zero-order valence-corrected chi connectivity index (χ0v) is 10.0. The van der Waals surface area contributed by atoms with Gasteiger partial charge in [0.1, 0.15) is 11.5 Å². The second kappa shape index (κ2) is 4.97. The van der Waals surface area contributed by atoms with Crippen LogP contribution in [0.1, 0.15) is 17.1 Å². The Bertz CT molecular complexity index is 541. The van der Waals surface area contributed by atoms with Crippen molar-refractivity contribution in [2.75, 3.05) is 0 Å². The molecule has 0 aliphatic heterocycles. The number of hydrogen-bond donors (Lipinski definition) is 0. The Morgan fingerprint density at radius 1 is 1.39 bits per heavy atom. The molecule has 8 heteroatoms. The van der Waals surface area contributed by atoms with Crippen molar-refractivity contribution < 1.29 is 17.7 Å². The van der Waals surface area contributed by atoms with Crippen molar-refractivity contribution in [3.8, 4) is 0 Å². The number of aromatic nitrogens is 3. The quantitative estimate of drug-likeness (QED) is 0.636. The van der Waals surface area contributed by atoms with Crippen molar-refractivity contribution in [1.29, 1.82) is 0 Å². The van der Waals surface area contributed by atoms with E-state index in [1.165, 1.54) is 0 Å². The summed E-state index contributed by atoms with van der Waals surface area (Å²) in [6.07, 6.45) is -3.37. The molecule has 0 unspecified atom stereocenters. The third kappa shape index (κ3) is 3.22. The fraction of sp³-hybridized carbons (Fsp3) is 0.300. The van der Waals surface area contributed by atoms with Crippen LogP contribution in [0.2, 0.25) is 0 Å². The van der Waals surface area contributed by atoms with E-state index in [2.05, 4.69) is 15.1 Å². The predicted octanol–water partition coefficient (Wildman–Crippen LogP) is 3.08. The highest BCUT2D eigenvalue weighted by atomic mass is 32.2. The van der Waals surface area contributed by atoms with Crippen LogP contribution in [-0.2, 0) is 11.9 Å². The van der Waals surface area contributed by atoms with Gasteiger partial charge in [-0.05, 0) is 13.0 Å². The van der Waals surface area contributed by atoms with E-state index in [1.54, 1.807) is 13.0 Å². The molecular formula is C10H8F3N3OS. The first-order valence-corrected chi connectivity index (χ1v) is 5.89. The summed E-state index contributed by atoms with van der Waals surface area (Å²) in [4.78, 5) is 7.20. The highest BCUT2D eigenvalue weighted by Crippen LogP contribution is 2.28. The van der Waals surface area contributed by atoms with E-state index in [-0.39, 0.29) is 5.16 Å². The van der Waals surface area contributed by atoms with Gasteiger partial charge in [0.2, 0.25) is 0 Å². The van der Waals surface area contributed by atoms with E-state index in [4.69, 9.17) is 4.52 Å². The van der Waals surface area contributed by atoms with E-state index in [0.717, 1.165) is 24.0 Å². The molecule has 0 aliphatic rings. The van der Waals surface area contributed by atoms with E-state index >= 15 is 0 Å². The fourth-order valence-corrected chi connectivity index (χ4v) is 1.90. The molecule has 0 saturated carbocycles. The largest absolute Gasteiger partial charge is 0.433 e. The molecule has 0 saturated heterocycles. The van der Waals surface area contributed by atoms with Gasteiger partial charge in [-0.2, -0.15) is 13.2 Å². The van der Waals surface area contributed by atoms with E-state index in [1.807, 2.05) is 0 Å². The zero-order chi connectivity index (χ0) is 13.2. The van der Waals surface area contributed by atoms with Crippen LogP contribution < -0.4 is 0 Å². The minimum atomic E-state index is -4.46. The van der Waals surface area contributed by atoms with Crippen LogP contribution in [0.3, 0.4) is 0 Å². The number of alkyl halides is 3. The van der Waals surface area contributed by atoms with Gasteiger partial charge in [-0.15, -0.1) is 0 Å². The standard InChI is InChI=1S/C10H8F3N3OS/c1-6-4-7(16-17-6)5-18-9-14-3-2-8(15-9)10(11,12)13/h2-4H,5H2,1H3. The zero-order valence-electron chi connectivity index (χ0n) is 9.23. The van der Waals surface area contributed by atoms with Gasteiger partial charge in [0.05, 0.1) is 5.69 Å². The molecule has 0 atom stereocenters. The molecule has 96 valence electrons. The summed E-state index contributed by atoms with van der Waals surface area (Å²) in [5, 5.41) is 3.79. The first kappa shape index (κ1) is 12.9. The van der Waals surface area contributed by atoms with E-state index < -0.39 is 11.9 Å². The Kier molecular flexibility index (Phi) is 3.55. The van der Waals surface area contributed by atoms with Crippen molar-refractivity contribution in [3.63, 3.8) is 0 Å². The number of rotatable bonds is 3. The highest BCUT2D eigenvalue weighted by molar-refractivity contribution is 7.98. The Morgan fingerprint density at radius 2 is 2.17 bits per heavy atom. The molecule has 18 heavy (non-hydrogen) atoms. The van der Waals surface area contributed by atoms with Crippen LogP contribution in [0.4, 0.5) is 13.2 Å². The molecule has 0 N–H and O–H groups in total. The highest BCUT2D eigenvalue weighted by Gasteiger charge is 2.32. The summed E-state index contributed by atoms with van der Waals surface area (Å²) in [7, 11) is 0. The SMILES string of the molecule is Cc1cc(CSc2nccc(C(F)(F)F)n2)no1. The number of aryl methyl sites for hydroxylation is 1. The fourth-order valence-electron chi connectivity index (χ4n) is 1.19. The summed E-state index contributed by atoms with van der Waals surface area (Å²) in [5.41, 5.74) is -0.310. The van der Waals surface area contributed by atoms with Crippen LogP contribution in [-0.4, -0.2) is 15.1 Å². The molecule has 0 amide bonds. The Morgan fingerprint density at radius 3 is 2.78 bits per heavy atom. The molecule has 0 fully saturated rings. The number of halogens is 3. The first-order chi connectivity index (χ1) is 8.45. The molecule has 0 aromatic carbocycles. The van der Waals surface area contributed by atoms with Gasteiger partial charge in [-0.3, -0.25) is 0 Å². The predicted molar refractivity (Wildman–Crippen MR) is 57.8 cm³/mol. The summed E-state index contributed by atoms with van der Waals surface area (Å²) < 4.78 is 42.1. The molecular weight excluding hydrogens is 267 g/mol. The first-order valence-electron chi connectivity index (χ1n) is 4.90. The second-order valence-corrected chi connectivity index (χ2v) is 4.38. The number of hydrogen-bond acceptors (Lipinski definition) is 5. The summed E-state index contributed by atoms with van der Waals surface area (Å²) in [5.74, 6) is 1.01. The molecule has 4 nitrogen and oxygen atoms in total. The van der Waals surface area contributed by atoms with Crippen LogP contribution in [0.5, 0.6) is 0 Å². The average molecular weight is 275 g/mol. The molecule has 0 radical (unpaired) electrons.